The zero-order valence-corrected chi connectivity index (χ0v) is 10.2. The average molecular weight is 228 g/mol. The summed E-state index contributed by atoms with van der Waals surface area (Å²) in [6.07, 6.45) is 0.862. The molecular weight excluding hydrogens is 212 g/mol. The summed E-state index contributed by atoms with van der Waals surface area (Å²) < 4.78 is 10.3. The Morgan fingerprint density at radius 3 is 2.35 bits per heavy atom. The normalized spacial score (nSPS) is 8.59. The van der Waals surface area contributed by atoms with Gasteiger partial charge >= 0.3 is 0 Å². The predicted octanol–water partition coefficient (Wildman–Crippen LogP) is 2.48. The standard InChI is InChI=1S/C15H16O2/c1-3-4-5-12-17-13-6-7-14-8-10-15(16-2)11-9-14/h8-11H,3,12-13H2,1-2H3. The first-order valence-corrected chi connectivity index (χ1v) is 5.53. The van der Waals surface area contributed by atoms with Crippen molar-refractivity contribution in [2.24, 2.45) is 0 Å². The van der Waals surface area contributed by atoms with Gasteiger partial charge in [0, 0.05) is 12.0 Å². The first-order chi connectivity index (χ1) is 8.36. The molecule has 0 N–H and O–H groups in total. The zero-order chi connectivity index (χ0) is 12.3. The zero-order valence-electron chi connectivity index (χ0n) is 10.2. The van der Waals surface area contributed by atoms with Crippen LogP contribution in [-0.2, 0) is 4.74 Å². The van der Waals surface area contributed by atoms with Crippen molar-refractivity contribution in [3.63, 3.8) is 0 Å². The molecule has 0 amide bonds. The van der Waals surface area contributed by atoms with Crippen LogP contribution in [0.1, 0.15) is 18.9 Å². The Labute approximate surface area is 103 Å². The van der Waals surface area contributed by atoms with Crippen molar-refractivity contribution >= 4 is 0 Å². The third-order valence-corrected chi connectivity index (χ3v) is 1.97. The van der Waals surface area contributed by atoms with Crippen molar-refractivity contribution in [3.05, 3.63) is 29.8 Å². The number of benzene rings is 1. The van der Waals surface area contributed by atoms with Gasteiger partial charge in [-0.1, -0.05) is 24.7 Å². The molecule has 1 aromatic rings. The Balaban J connectivity index is 2.33. The summed E-state index contributed by atoms with van der Waals surface area (Å²) in [4.78, 5) is 0. The van der Waals surface area contributed by atoms with Crippen molar-refractivity contribution in [3.8, 4) is 29.4 Å². The second-order valence-electron chi connectivity index (χ2n) is 3.23. The Morgan fingerprint density at radius 1 is 1.00 bits per heavy atom. The maximum Gasteiger partial charge on any atom is 0.118 e. The first-order valence-electron chi connectivity index (χ1n) is 5.53. The molecule has 0 aromatic heterocycles. The van der Waals surface area contributed by atoms with Crippen LogP contribution in [0.15, 0.2) is 24.3 Å². The van der Waals surface area contributed by atoms with Crippen LogP contribution in [0.4, 0.5) is 0 Å². The van der Waals surface area contributed by atoms with E-state index in [4.69, 9.17) is 9.47 Å². The summed E-state index contributed by atoms with van der Waals surface area (Å²) in [5.74, 6) is 12.6. The van der Waals surface area contributed by atoms with E-state index in [1.165, 1.54) is 0 Å². The van der Waals surface area contributed by atoms with E-state index in [1.807, 2.05) is 31.2 Å². The molecule has 17 heavy (non-hydrogen) atoms. The number of hydrogen-bond acceptors (Lipinski definition) is 2. The van der Waals surface area contributed by atoms with E-state index in [2.05, 4.69) is 23.7 Å². The first kappa shape index (κ1) is 13.2. The lowest BCUT2D eigenvalue weighted by Crippen LogP contribution is -1.91. The van der Waals surface area contributed by atoms with Gasteiger partial charge in [-0.25, -0.2) is 0 Å². The third-order valence-electron chi connectivity index (χ3n) is 1.97. The summed E-state index contributed by atoms with van der Waals surface area (Å²) in [5.41, 5.74) is 0.953. The van der Waals surface area contributed by atoms with Crippen LogP contribution in [0.2, 0.25) is 0 Å². The number of ether oxygens (including phenoxy) is 2. The van der Waals surface area contributed by atoms with Gasteiger partial charge in [-0.05, 0) is 24.3 Å². The van der Waals surface area contributed by atoms with E-state index in [9.17, 15) is 0 Å². The Bertz CT molecular complexity index is 438. The molecule has 0 unspecified atom stereocenters. The van der Waals surface area contributed by atoms with Gasteiger partial charge in [-0.3, -0.25) is 0 Å². The smallest absolute Gasteiger partial charge is 0.118 e. The number of methoxy groups -OCH3 is 1. The number of hydrogen-bond donors (Lipinski definition) is 0. The van der Waals surface area contributed by atoms with Gasteiger partial charge in [0.2, 0.25) is 0 Å². The molecule has 2 nitrogen and oxygen atoms in total. The van der Waals surface area contributed by atoms with Crippen molar-refractivity contribution in [2.45, 2.75) is 13.3 Å². The second kappa shape index (κ2) is 8.28. The van der Waals surface area contributed by atoms with E-state index in [1.54, 1.807) is 7.11 Å². The van der Waals surface area contributed by atoms with Gasteiger partial charge in [-0.2, -0.15) is 0 Å². The topological polar surface area (TPSA) is 18.5 Å². The van der Waals surface area contributed by atoms with Gasteiger partial charge in [-0.15, -0.1) is 5.92 Å². The van der Waals surface area contributed by atoms with Crippen LogP contribution in [0.25, 0.3) is 0 Å². The summed E-state index contributed by atoms with van der Waals surface area (Å²) >= 11 is 0. The van der Waals surface area contributed by atoms with E-state index in [0.717, 1.165) is 17.7 Å². The summed E-state index contributed by atoms with van der Waals surface area (Å²) in [6.45, 7) is 2.87. The summed E-state index contributed by atoms with van der Waals surface area (Å²) in [7, 11) is 1.64. The quantitative estimate of drug-likeness (QED) is 0.584. The van der Waals surface area contributed by atoms with Gasteiger partial charge in [0.15, 0.2) is 0 Å². The molecule has 0 bridgehead atoms. The largest absolute Gasteiger partial charge is 0.497 e. The molecule has 0 aliphatic heterocycles. The van der Waals surface area contributed by atoms with Crippen LogP contribution in [0.5, 0.6) is 5.75 Å². The Morgan fingerprint density at radius 2 is 1.71 bits per heavy atom. The Kier molecular flexibility index (Phi) is 6.41. The van der Waals surface area contributed by atoms with E-state index >= 15 is 0 Å². The molecular formula is C15H16O2. The van der Waals surface area contributed by atoms with Crippen LogP contribution < -0.4 is 4.74 Å². The molecule has 0 spiro atoms. The molecule has 0 heterocycles. The van der Waals surface area contributed by atoms with E-state index in [-0.39, 0.29) is 0 Å². The monoisotopic (exact) mass is 228 g/mol. The fraction of sp³-hybridized carbons (Fsp3) is 0.333. The molecule has 88 valence electrons. The van der Waals surface area contributed by atoms with E-state index in [0.29, 0.717) is 13.2 Å². The second-order valence-corrected chi connectivity index (χ2v) is 3.23. The van der Waals surface area contributed by atoms with Crippen molar-refractivity contribution < 1.29 is 9.47 Å². The molecule has 0 aliphatic carbocycles. The highest BCUT2D eigenvalue weighted by Gasteiger charge is 1.89. The molecule has 0 aliphatic rings. The molecule has 0 fully saturated rings. The molecule has 1 rings (SSSR count). The fourth-order valence-corrected chi connectivity index (χ4v) is 1.14. The van der Waals surface area contributed by atoms with Crippen molar-refractivity contribution in [2.75, 3.05) is 20.3 Å². The third kappa shape index (κ3) is 5.66. The lowest BCUT2D eigenvalue weighted by Gasteiger charge is -1.97. The minimum atomic E-state index is 0.407. The van der Waals surface area contributed by atoms with E-state index < -0.39 is 0 Å². The average Bonchev–Trinajstić information content (AvgIpc) is 2.38. The van der Waals surface area contributed by atoms with Gasteiger partial charge in [0.05, 0.1) is 7.11 Å². The molecule has 0 radical (unpaired) electrons. The van der Waals surface area contributed by atoms with Crippen LogP contribution in [0, 0.1) is 23.7 Å². The van der Waals surface area contributed by atoms with Crippen molar-refractivity contribution in [1.29, 1.82) is 0 Å². The van der Waals surface area contributed by atoms with Gasteiger partial charge in [0.25, 0.3) is 0 Å². The lowest BCUT2D eigenvalue weighted by atomic mass is 10.2. The van der Waals surface area contributed by atoms with Crippen molar-refractivity contribution in [1.82, 2.24) is 0 Å². The lowest BCUT2D eigenvalue weighted by molar-refractivity contribution is 0.204. The highest BCUT2D eigenvalue weighted by atomic mass is 16.5. The minimum absolute atomic E-state index is 0.407. The highest BCUT2D eigenvalue weighted by Crippen LogP contribution is 2.09. The number of rotatable bonds is 3. The minimum Gasteiger partial charge on any atom is -0.497 e. The predicted molar refractivity (Wildman–Crippen MR) is 68.8 cm³/mol. The molecule has 0 atom stereocenters. The van der Waals surface area contributed by atoms with Gasteiger partial charge in [0.1, 0.15) is 19.0 Å². The van der Waals surface area contributed by atoms with Crippen LogP contribution in [0.3, 0.4) is 0 Å². The van der Waals surface area contributed by atoms with Crippen LogP contribution >= 0.6 is 0 Å². The molecule has 2 heteroatoms. The van der Waals surface area contributed by atoms with Crippen LogP contribution in [-0.4, -0.2) is 20.3 Å². The maximum atomic E-state index is 5.23. The Hall–Kier alpha value is -1.90. The maximum absolute atomic E-state index is 5.23. The molecule has 0 saturated carbocycles. The molecule has 1 aromatic carbocycles. The molecule has 0 saturated heterocycles. The highest BCUT2D eigenvalue weighted by molar-refractivity contribution is 5.38. The van der Waals surface area contributed by atoms with Gasteiger partial charge < -0.3 is 9.47 Å². The summed E-state index contributed by atoms with van der Waals surface area (Å²) in [6, 6.07) is 7.61. The fourth-order valence-electron chi connectivity index (χ4n) is 1.14. The SMILES string of the molecule is CCC#CCOCC#Cc1ccc(OC)cc1. The summed E-state index contributed by atoms with van der Waals surface area (Å²) in [5, 5.41) is 0.